The predicted molar refractivity (Wildman–Crippen MR) is 136 cm³/mol. The number of nitrogens with one attached hydrogen (secondary N) is 1. The molecule has 184 valence electrons. The Morgan fingerprint density at radius 3 is 2.31 bits per heavy atom. The first kappa shape index (κ1) is 26.2. The third-order valence-electron chi connectivity index (χ3n) is 5.46. The average molecular weight is 497 g/mol. The number of hydrogen-bond acceptors (Lipinski definition) is 3. The molecule has 0 unspecified atom stereocenters. The number of halogens is 2. The van der Waals surface area contributed by atoms with E-state index in [9.17, 15) is 14.0 Å². The molecule has 0 aromatic heterocycles. The van der Waals surface area contributed by atoms with Crippen molar-refractivity contribution in [3.63, 3.8) is 0 Å². The smallest absolute Gasteiger partial charge is 0.261 e. The van der Waals surface area contributed by atoms with E-state index in [1.165, 1.54) is 17.0 Å². The van der Waals surface area contributed by atoms with Crippen LogP contribution in [0, 0.1) is 12.7 Å². The first-order chi connectivity index (χ1) is 16.7. The number of carbonyl (C=O) groups excluding carboxylic acids is 2. The minimum absolute atomic E-state index is 0.100. The number of nitrogens with zero attached hydrogens (tertiary/aromatic N) is 1. The summed E-state index contributed by atoms with van der Waals surface area (Å²) in [5.74, 6) is -0.483. The summed E-state index contributed by atoms with van der Waals surface area (Å²) in [6, 6.07) is 19.7. The number of rotatable bonds is 10. The molecule has 0 radical (unpaired) electrons. The van der Waals surface area contributed by atoms with Gasteiger partial charge in [-0.15, -0.1) is 0 Å². The molecule has 1 atom stereocenters. The summed E-state index contributed by atoms with van der Waals surface area (Å²) in [5.41, 5.74) is 2.46. The summed E-state index contributed by atoms with van der Waals surface area (Å²) in [7, 11) is 0. The molecule has 0 heterocycles. The molecule has 2 amide bonds. The van der Waals surface area contributed by atoms with E-state index in [-0.39, 0.29) is 36.8 Å². The van der Waals surface area contributed by atoms with Crippen LogP contribution in [0.25, 0.3) is 0 Å². The molecule has 0 aliphatic carbocycles. The molecule has 0 fully saturated rings. The van der Waals surface area contributed by atoms with Gasteiger partial charge in [-0.05, 0) is 67.8 Å². The topological polar surface area (TPSA) is 58.6 Å². The zero-order chi connectivity index (χ0) is 25.4. The van der Waals surface area contributed by atoms with Gasteiger partial charge in [0.05, 0.1) is 0 Å². The van der Waals surface area contributed by atoms with Gasteiger partial charge < -0.3 is 15.0 Å². The van der Waals surface area contributed by atoms with Gasteiger partial charge >= 0.3 is 0 Å². The molecule has 0 bridgehead atoms. The predicted octanol–water partition coefficient (Wildman–Crippen LogP) is 5.33. The maximum Gasteiger partial charge on any atom is 0.261 e. The van der Waals surface area contributed by atoms with Crippen LogP contribution in [0.2, 0.25) is 5.02 Å². The van der Waals surface area contributed by atoms with Gasteiger partial charge in [0.15, 0.2) is 6.61 Å². The largest absolute Gasteiger partial charge is 0.484 e. The Hall–Kier alpha value is -3.38. The Morgan fingerprint density at radius 2 is 1.69 bits per heavy atom. The van der Waals surface area contributed by atoms with Crippen molar-refractivity contribution in [1.29, 1.82) is 0 Å². The van der Waals surface area contributed by atoms with E-state index in [0.717, 1.165) is 11.1 Å². The fourth-order valence-corrected chi connectivity index (χ4v) is 3.77. The Bertz CT molecular complexity index is 1140. The SMILES string of the molecule is Cc1cc(OCC(=O)N(Cc2ccc(F)cc2)[C@@H](Cc2ccccc2)C(=O)NC(C)C)ccc1Cl. The molecule has 3 aromatic rings. The lowest BCUT2D eigenvalue weighted by Gasteiger charge is -2.32. The Balaban J connectivity index is 1.90. The highest BCUT2D eigenvalue weighted by Gasteiger charge is 2.31. The summed E-state index contributed by atoms with van der Waals surface area (Å²) in [6.45, 7) is 5.46. The van der Waals surface area contributed by atoms with Crippen molar-refractivity contribution in [2.45, 2.75) is 45.8 Å². The van der Waals surface area contributed by atoms with Gasteiger partial charge in [-0.25, -0.2) is 4.39 Å². The highest BCUT2D eigenvalue weighted by atomic mass is 35.5. The molecule has 0 spiro atoms. The molecular weight excluding hydrogens is 467 g/mol. The van der Waals surface area contributed by atoms with Crippen molar-refractivity contribution in [3.8, 4) is 5.75 Å². The molecule has 5 nitrogen and oxygen atoms in total. The van der Waals surface area contributed by atoms with Crippen LogP contribution in [0.1, 0.15) is 30.5 Å². The summed E-state index contributed by atoms with van der Waals surface area (Å²) in [5, 5.41) is 3.54. The first-order valence-corrected chi connectivity index (χ1v) is 11.9. The second-order valence-electron chi connectivity index (χ2n) is 8.72. The fourth-order valence-electron chi connectivity index (χ4n) is 3.66. The van der Waals surface area contributed by atoms with E-state index in [1.807, 2.05) is 51.1 Å². The quantitative estimate of drug-likeness (QED) is 0.412. The number of amides is 2. The lowest BCUT2D eigenvalue weighted by molar-refractivity contribution is -0.143. The van der Waals surface area contributed by atoms with E-state index in [1.54, 1.807) is 30.3 Å². The van der Waals surface area contributed by atoms with E-state index in [4.69, 9.17) is 16.3 Å². The van der Waals surface area contributed by atoms with Crippen molar-refractivity contribution in [1.82, 2.24) is 10.2 Å². The van der Waals surface area contributed by atoms with Crippen LogP contribution < -0.4 is 10.1 Å². The number of carbonyl (C=O) groups is 2. The highest BCUT2D eigenvalue weighted by Crippen LogP contribution is 2.22. The first-order valence-electron chi connectivity index (χ1n) is 11.5. The van der Waals surface area contributed by atoms with Crippen LogP contribution in [0.4, 0.5) is 4.39 Å². The Morgan fingerprint density at radius 1 is 1.00 bits per heavy atom. The van der Waals surface area contributed by atoms with Gasteiger partial charge in [0.2, 0.25) is 5.91 Å². The molecule has 0 aliphatic heterocycles. The zero-order valence-corrected chi connectivity index (χ0v) is 20.9. The van der Waals surface area contributed by atoms with Crippen molar-refractivity contribution in [2.24, 2.45) is 0 Å². The van der Waals surface area contributed by atoms with Crippen LogP contribution in [-0.2, 0) is 22.6 Å². The normalized spacial score (nSPS) is 11.7. The lowest BCUT2D eigenvalue weighted by atomic mass is 10.0. The molecule has 0 saturated carbocycles. The second kappa shape index (κ2) is 12.4. The number of benzene rings is 3. The number of aryl methyl sites for hydroxylation is 1. The average Bonchev–Trinajstić information content (AvgIpc) is 2.83. The summed E-state index contributed by atoms with van der Waals surface area (Å²) in [4.78, 5) is 28.3. The third kappa shape index (κ3) is 7.82. The van der Waals surface area contributed by atoms with E-state index in [0.29, 0.717) is 22.8 Å². The van der Waals surface area contributed by atoms with Crippen LogP contribution in [0.5, 0.6) is 5.75 Å². The molecule has 0 aliphatic rings. The van der Waals surface area contributed by atoms with E-state index in [2.05, 4.69) is 5.32 Å². The minimum atomic E-state index is -0.784. The van der Waals surface area contributed by atoms with Gasteiger partial charge in [-0.3, -0.25) is 9.59 Å². The minimum Gasteiger partial charge on any atom is -0.484 e. The third-order valence-corrected chi connectivity index (χ3v) is 5.88. The van der Waals surface area contributed by atoms with Crippen molar-refractivity contribution >= 4 is 23.4 Å². The van der Waals surface area contributed by atoms with E-state index < -0.39 is 6.04 Å². The number of hydrogen-bond donors (Lipinski definition) is 1. The molecule has 7 heteroatoms. The van der Waals surface area contributed by atoms with Crippen molar-refractivity contribution in [3.05, 3.63) is 100 Å². The van der Waals surface area contributed by atoms with Crippen LogP contribution in [0.15, 0.2) is 72.8 Å². The molecule has 3 aromatic carbocycles. The van der Waals surface area contributed by atoms with Gasteiger partial charge in [-0.1, -0.05) is 54.1 Å². The standard InChI is InChI=1S/C28H30ClFN2O3/c1-19(2)31-28(34)26(16-21-7-5-4-6-8-21)32(17-22-9-11-23(30)12-10-22)27(33)18-35-24-13-14-25(29)20(3)15-24/h4-15,19,26H,16-18H2,1-3H3,(H,31,34)/t26-/m0/s1. The zero-order valence-electron chi connectivity index (χ0n) is 20.1. The lowest BCUT2D eigenvalue weighted by Crippen LogP contribution is -2.52. The summed E-state index contributed by atoms with van der Waals surface area (Å²) < 4.78 is 19.3. The van der Waals surface area contributed by atoms with Crippen molar-refractivity contribution < 1.29 is 18.7 Å². The molecular formula is C28H30ClFN2O3. The molecule has 3 rings (SSSR count). The maximum absolute atomic E-state index is 13.5. The van der Waals surface area contributed by atoms with Crippen LogP contribution in [0.3, 0.4) is 0 Å². The molecule has 1 N–H and O–H groups in total. The van der Waals surface area contributed by atoms with E-state index >= 15 is 0 Å². The van der Waals surface area contributed by atoms with Gasteiger partial charge in [-0.2, -0.15) is 0 Å². The Kier molecular flexibility index (Phi) is 9.26. The van der Waals surface area contributed by atoms with Crippen LogP contribution >= 0.6 is 11.6 Å². The highest BCUT2D eigenvalue weighted by molar-refractivity contribution is 6.31. The van der Waals surface area contributed by atoms with Gasteiger partial charge in [0, 0.05) is 24.0 Å². The molecule has 0 saturated heterocycles. The summed E-state index contributed by atoms with van der Waals surface area (Å²) in [6.07, 6.45) is 0.326. The number of ether oxygens (including phenoxy) is 1. The second-order valence-corrected chi connectivity index (χ2v) is 9.12. The van der Waals surface area contributed by atoms with Crippen LogP contribution in [-0.4, -0.2) is 35.4 Å². The van der Waals surface area contributed by atoms with Crippen molar-refractivity contribution in [2.75, 3.05) is 6.61 Å². The maximum atomic E-state index is 13.5. The monoisotopic (exact) mass is 496 g/mol. The Labute approximate surface area is 210 Å². The van der Waals surface area contributed by atoms with Gasteiger partial charge in [0.1, 0.15) is 17.6 Å². The van der Waals surface area contributed by atoms with Gasteiger partial charge in [0.25, 0.3) is 5.91 Å². The fraction of sp³-hybridized carbons (Fsp3) is 0.286. The molecule has 35 heavy (non-hydrogen) atoms. The summed E-state index contributed by atoms with van der Waals surface area (Å²) >= 11 is 6.09.